The Bertz CT molecular complexity index is 467. The highest BCUT2D eigenvalue weighted by atomic mass is 32.2. The molecule has 2 aliphatic rings. The second-order valence-electron chi connectivity index (χ2n) is 5.59. The molecule has 0 spiro atoms. The van der Waals surface area contributed by atoms with Crippen molar-refractivity contribution in [2.24, 2.45) is 5.73 Å². The van der Waals surface area contributed by atoms with E-state index in [2.05, 4.69) is 19.1 Å². The van der Waals surface area contributed by atoms with Crippen molar-refractivity contribution in [1.29, 1.82) is 0 Å². The fourth-order valence-corrected chi connectivity index (χ4v) is 3.24. The van der Waals surface area contributed by atoms with Gasteiger partial charge in [0.1, 0.15) is 6.10 Å². The molecular weight excluding hydrogens is 258 g/mol. The van der Waals surface area contributed by atoms with Crippen LogP contribution < -0.4 is 15.2 Å². The Morgan fingerprint density at radius 3 is 2.53 bits per heavy atom. The van der Waals surface area contributed by atoms with Gasteiger partial charge in [0, 0.05) is 23.0 Å². The quantitative estimate of drug-likeness (QED) is 0.899. The first kappa shape index (κ1) is 13.1. The summed E-state index contributed by atoms with van der Waals surface area (Å²) >= 11 is 1.92. The number of hydrogen-bond donors (Lipinski definition) is 1. The van der Waals surface area contributed by atoms with E-state index >= 15 is 0 Å². The first-order chi connectivity index (χ1) is 9.15. The number of methoxy groups -OCH3 is 1. The third-order valence-electron chi connectivity index (χ3n) is 4.30. The van der Waals surface area contributed by atoms with Crippen LogP contribution in [0.15, 0.2) is 18.2 Å². The lowest BCUT2D eigenvalue weighted by molar-refractivity contribution is 0.228. The van der Waals surface area contributed by atoms with Crippen molar-refractivity contribution in [3.63, 3.8) is 0 Å². The minimum absolute atomic E-state index is 0.165. The lowest BCUT2D eigenvalue weighted by Gasteiger charge is -2.27. The van der Waals surface area contributed by atoms with Gasteiger partial charge in [0.25, 0.3) is 0 Å². The Labute approximate surface area is 118 Å². The molecule has 1 atom stereocenters. The lowest BCUT2D eigenvalue weighted by Crippen LogP contribution is -2.32. The zero-order valence-electron chi connectivity index (χ0n) is 11.5. The number of thioether (sulfide) groups is 1. The summed E-state index contributed by atoms with van der Waals surface area (Å²) in [5, 5.41) is 0. The monoisotopic (exact) mass is 279 g/mol. The van der Waals surface area contributed by atoms with E-state index in [1.165, 1.54) is 18.4 Å². The van der Waals surface area contributed by atoms with Gasteiger partial charge in [-0.2, -0.15) is 11.8 Å². The van der Waals surface area contributed by atoms with Crippen LogP contribution in [0, 0.1) is 0 Å². The third kappa shape index (κ3) is 2.32. The first-order valence-corrected chi connectivity index (χ1v) is 8.00. The summed E-state index contributed by atoms with van der Waals surface area (Å²) < 4.78 is 11.4. The molecule has 1 aromatic carbocycles. The number of ether oxygens (including phenoxy) is 2. The van der Waals surface area contributed by atoms with Crippen molar-refractivity contribution in [2.45, 2.75) is 37.3 Å². The van der Waals surface area contributed by atoms with Crippen molar-refractivity contribution in [3.05, 3.63) is 23.8 Å². The largest absolute Gasteiger partial charge is 0.493 e. The molecule has 0 bridgehead atoms. The van der Waals surface area contributed by atoms with E-state index in [1.54, 1.807) is 7.11 Å². The fraction of sp³-hybridized carbons (Fsp3) is 0.600. The normalized spacial score (nSPS) is 22.5. The van der Waals surface area contributed by atoms with Gasteiger partial charge in [-0.15, -0.1) is 0 Å². The van der Waals surface area contributed by atoms with Crippen LogP contribution in [0.4, 0.5) is 0 Å². The molecule has 2 N–H and O–H groups in total. The van der Waals surface area contributed by atoms with Crippen LogP contribution in [0.3, 0.4) is 0 Å². The molecule has 0 aromatic heterocycles. The zero-order chi connectivity index (χ0) is 13.5. The van der Waals surface area contributed by atoms with Gasteiger partial charge < -0.3 is 15.2 Å². The summed E-state index contributed by atoms with van der Waals surface area (Å²) in [5.74, 6) is 3.85. The van der Waals surface area contributed by atoms with Crippen molar-refractivity contribution in [1.82, 2.24) is 0 Å². The number of benzene rings is 1. The van der Waals surface area contributed by atoms with Crippen LogP contribution in [-0.4, -0.2) is 30.8 Å². The molecule has 104 valence electrons. The van der Waals surface area contributed by atoms with Crippen molar-refractivity contribution < 1.29 is 9.47 Å². The molecule has 1 saturated heterocycles. The van der Waals surface area contributed by atoms with Crippen LogP contribution in [0.5, 0.6) is 11.5 Å². The van der Waals surface area contributed by atoms with E-state index in [-0.39, 0.29) is 11.5 Å². The zero-order valence-corrected chi connectivity index (χ0v) is 12.3. The molecule has 3 nitrogen and oxygen atoms in total. The van der Waals surface area contributed by atoms with Gasteiger partial charge in [-0.25, -0.2) is 0 Å². The molecular formula is C15H21NO2S. The highest BCUT2D eigenvalue weighted by Gasteiger charge is 2.47. The minimum Gasteiger partial charge on any atom is -0.493 e. The molecule has 1 aliphatic carbocycles. The Balaban J connectivity index is 1.84. The van der Waals surface area contributed by atoms with Gasteiger partial charge >= 0.3 is 0 Å². The van der Waals surface area contributed by atoms with Crippen molar-refractivity contribution >= 4 is 11.8 Å². The molecule has 4 heteroatoms. The Hall–Kier alpha value is -0.870. The van der Waals surface area contributed by atoms with Gasteiger partial charge in [-0.05, 0) is 37.5 Å². The molecule has 2 fully saturated rings. The summed E-state index contributed by atoms with van der Waals surface area (Å²) in [5.41, 5.74) is 7.58. The summed E-state index contributed by atoms with van der Waals surface area (Å²) in [6.07, 6.45) is 2.69. The average Bonchev–Trinajstić information content (AvgIpc) is 3.15. The van der Waals surface area contributed by atoms with Gasteiger partial charge in [0.15, 0.2) is 11.5 Å². The highest BCUT2D eigenvalue weighted by molar-refractivity contribution is 8.00. The van der Waals surface area contributed by atoms with E-state index < -0.39 is 0 Å². The van der Waals surface area contributed by atoms with Crippen LogP contribution >= 0.6 is 11.8 Å². The maximum Gasteiger partial charge on any atom is 0.161 e. The van der Waals surface area contributed by atoms with Crippen molar-refractivity contribution in [2.75, 3.05) is 18.6 Å². The maximum absolute atomic E-state index is 6.13. The highest BCUT2D eigenvalue weighted by Crippen LogP contribution is 2.51. The number of hydrogen-bond acceptors (Lipinski definition) is 4. The molecule has 0 radical (unpaired) electrons. The van der Waals surface area contributed by atoms with Gasteiger partial charge in [-0.1, -0.05) is 6.07 Å². The van der Waals surface area contributed by atoms with Crippen LogP contribution in [-0.2, 0) is 5.41 Å². The molecule has 0 amide bonds. The Kier molecular flexibility index (Phi) is 3.39. The smallest absolute Gasteiger partial charge is 0.161 e. The summed E-state index contributed by atoms with van der Waals surface area (Å²) in [6.45, 7) is 2.09. The molecule has 19 heavy (non-hydrogen) atoms. The van der Waals surface area contributed by atoms with E-state index in [9.17, 15) is 0 Å². The Morgan fingerprint density at radius 2 is 2.05 bits per heavy atom. The van der Waals surface area contributed by atoms with Gasteiger partial charge in [0.2, 0.25) is 0 Å². The topological polar surface area (TPSA) is 44.5 Å². The molecule has 1 saturated carbocycles. The number of rotatable bonds is 5. The van der Waals surface area contributed by atoms with E-state index in [0.29, 0.717) is 6.10 Å². The molecule has 1 aromatic rings. The van der Waals surface area contributed by atoms with E-state index in [1.807, 2.05) is 17.8 Å². The summed E-state index contributed by atoms with van der Waals surface area (Å²) in [4.78, 5) is 0. The van der Waals surface area contributed by atoms with Gasteiger partial charge in [0.05, 0.1) is 7.11 Å². The molecule has 1 unspecified atom stereocenters. The SMILES string of the molecule is COc1cc(C2(C(C)N)CC2)ccc1OC1CSC1. The standard InChI is InChI=1S/C15H21NO2S/c1-10(16)15(5-6-15)11-3-4-13(14(7-11)17-2)18-12-8-19-9-12/h3-4,7,10,12H,5-6,8-9,16H2,1-2H3. The first-order valence-electron chi connectivity index (χ1n) is 6.84. The van der Waals surface area contributed by atoms with Crippen LogP contribution in [0.1, 0.15) is 25.3 Å². The second kappa shape index (κ2) is 4.91. The van der Waals surface area contributed by atoms with Crippen LogP contribution in [0.25, 0.3) is 0 Å². The molecule has 1 aliphatic heterocycles. The fourth-order valence-electron chi connectivity index (χ4n) is 2.68. The molecule has 3 rings (SSSR count). The van der Waals surface area contributed by atoms with E-state index in [0.717, 1.165) is 23.0 Å². The number of nitrogens with two attached hydrogens (primary N) is 1. The van der Waals surface area contributed by atoms with Crippen LogP contribution in [0.2, 0.25) is 0 Å². The third-order valence-corrected chi connectivity index (χ3v) is 5.51. The second-order valence-corrected chi connectivity index (χ2v) is 6.66. The van der Waals surface area contributed by atoms with Crippen molar-refractivity contribution in [3.8, 4) is 11.5 Å². The predicted octanol–water partition coefficient (Wildman–Crippen LogP) is 2.57. The predicted molar refractivity (Wildman–Crippen MR) is 79.3 cm³/mol. The summed E-state index contributed by atoms with van der Waals surface area (Å²) in [6, 6.07) is 6.49. The average molecular weight is 279 g/mol. The Morgan fingerprint density at radius 1 is 1.32 bits per heavy atom. The maximum atomic E-state index is 6.13. The summed E-state index contributed by atoms with van der Waals surface area (Å²) in [7, 11) is 1.70. The molecule has 1 heterocycles. The lowest BCUT2D eigenvalue weighted by atomic mass is 9.89. The van der Waals surface area contributed by atoms with Gasteiger partial charge in [-0.3, -0.25) is 0 Å². The minimum atomic E-state index is 0.165. The van der Waals surface area contributed by atoms with E-state index in [4.69, 9.17) is 15.2 Å².